The van der Waals surface area contributed by atoms with Crippen LogP contribution in [-0.2, 0) is 0 Å². The molecule has 3 aromatic rings. The van der Waals surface area contributed by atoms with Crippen molar-refractivity contribution >= 4 is 5.82 Å². The molecule has 0 saturated heterocycles. The molecule has 7 nitrogen and oxygen atoms in total. The van der Waals surface area contributed by atoms with E-state index in [1.54, 1.807) is 27.5 Å². The number of aromatic nitrogens is 3. The molecule has 3 heterocycles. The highest BCUT2D eigenvalue weighted by atomic mass is 16.5. The summed E-state index contributed by atoms with van der Waals surface area (Å²) in [5.74, 6) is 3.03. The first kappa shape index (κ1) is 18.2. The van der Waals surface area contributed by atoms with Gasteiger partial charge < -0.3 is 19.5 Å². The summed E-state index contributed by atoms with van der Waals surface area (Å²) in [6, 6.07) is 12.4. The molecule has 1 aromatic carbocycles. The van der Waals surface area contributed by atoms with E-state index < -0.39 is 0 Å². The third kappa shape index (κ3) is 3.24. The van der Waals surface area contributed by atoms with E-state index in [1.807, 2.05) is 28.9 Å². The second-order valence-corrected chi connectivity index (χ2v) is 6.84. The van der Waals surface area contributed by atoms with Crippen molar-refractivity contribution < 1.29 is 14.2 Å². The number of rotatable bonds is 5. The molecule has 0 aliphatic carbocycles. The predicted molar refractivity (Wildman–Crippen MR) is 107 cm³/mol. The molecule has 146 valence electrons. The molecule has 0 fully saturated rings. The minimum atomic E-state index is 0.166. The van der Waals surface area contributed by atoms with Gasteiger partial charge in [-0.15, -0.1) is 0 Å². The summed E-state index contributed by atoms with van der Waals surface area (Å²) >= 11 is 0. The molecule has 4 rings (SSSR count). The molecule has 0 amide bonds. The lowest BCUT2D eigenvalue weighted by molar-refractivity contribution is 0.353. The molecule has 7 heteroatoms. The van der Waals surface area contributed by atoms with Crippen LogP contribution >= 0.6 is 0 Å². The van der Waals surface area contributed by atoms with Gasteiger partial charge in [-0.2, -0.15) is 5.10 Å². The van der Waals surface area contributed by atoms with E-state index >= 15 is 0 Å². The van der Waals surface area contributed by atoms with E-state index in [-0.39, 0.29) is 12.1 Å². The smallest absolute Gasteiger partial charge is 0.213 e. The number of nitrogens with one attached hydrogen (secondary N) is 1. The number of benzene rings is 1. The zero-order valence-corrected chi connectivity index (χ0v) is 16.5. The van der Waals surface area contributed by atoms with Crippen LogP contribution in [0, 0.1) is 0 Å². The zero-order chi connectivity index (χ0) is 19.7. The number of hydrogen-bond donors (Lipinski definition) is 1. The van der Waals surface area contributed by atoms with Crippen molar-refractivity contribution in [3.63, 3.8) is 0 Å². The van der Waals surface area contributed by atoms with Crippen LogP contribution in [0.4, 0.5) is 5.82 Å². The number of pyridine rings is 1. The summed E-state index contributed by atoms with van der Waals surface area (Å²) in [6.45, 7) is 2.18. The summed E-state index contributed by atoms with van der Waals surface area (Å²) in [5, 5.41) is 8.40. The van der Waals surface area contributed by atoms with Crippen LogP contribution in [-0.4, -0.2) is 36.1 Å². The standard InChI is InChI=1S/C21H24N4O3/c1-13-9-16(14-5-6-18(26-2)19(10-14)27-3)23-20-12-17(24-25(13)20)15-7-8-22-21(11-15)28-4/h5-8,10-13,16,23H,9H2,1-4H3/t13-,16-/m1/s1. The third-order valence-corrected chi connectivity index (χ3v) is 5.10. The minimum Gasteiger partial charge on any atom is -0.493 e. The molecule has 2 atom stereocenters. The maximum atomic E-state index is 5.46. The van der Waals surface area contributed by atoms with Gasteiger partial charge in [-0.3, -0.25) is 0 Å². The number of anilines is 1. The van der Waals surface area contributed by atoms with E-state index in [4.69, 9.17) is 19.3 Å². The first-order valence-corrected chi connectivity index (χ1v) is 9.21. The highest BCUT2D eigenvalue weighted by Crippen LogP contribution is 2.39. The molecule has 0 saturated carbocycles. The Hall–Kier alpha value is -3.22. The lowest BCUT2D eigenvalue weighted by atomic mass is 9.98. The maximum absolute atomic E-state index is 5.46. The number of fused-ring (bicyclic) bond motifs is 1. The SMILES string of the molecule is COc1cc(-c2cc3n(n2)[C@H](C)C[C@H](c2ccc(OC)c(OC)c2)N3)ccn1. The predicted octanol–water partition coefficient (Wildman–Crippen LogP) is 4.09. The minimum absolute atomic E-state index is 0.166. The Kier molecular flexibility index (Phi) is 4.81. The molecule has 0 unspecified atom stereocenters. The van der Waals surface area contributed by atoms with Crippen molar-refractivity contribution in [2.75, 3.05) is 26.6 Å². The molecule has 1 aliphatic rings. The quantitative estimate of drug-likeness (QED) is 0.719. The Bertz CT molecular complexity index is 986. The van der Waals surface area contributed by atoms with Gasteiger partial charge >= 0.3 is 0 Å². The molecule has 0 spiro atoms. The highest BCUT2D eigenvalue weighted by Gasteiger charge is 2.27. The Morgan fingerprint density at radius 2 is 1.82 bits per heavy atom. The van der Waals surface area contributed by atoms with E-state index in [2.05, 4.69) is 29.4 Å². The maximum Gasteiger partial charge on any atom is 0.213 e. The van der Waals surface area contributed by atoms with Crippen LogP contribution in [0.25, 0.3) is 11.3 Å². The van der Waals surface area contributed by atoms with Crippen molar-refractivity contribution in [3.05, 3.63) is 48.2 Å². The first-order chi connectivity index (χ1) is 13.6. The van der Waals surface area contributed by atoms with Crippen molar-refractivity contribution in [1.29, 1.82) is 0 Å². The van der Waals surface area contributed by atoms with Crippen molar-refractivity contribution in [1.82, 2.24) is 14.8 Å². The summed E-state index contributed by atoms with van der Waals surface area (Å²) in [6.07, 6.45) is 2.65. The van der Waals surface area contributed by atoms with Crippen LogP contribution in [0.2, 0.25) is 0 Å². The van der Waals surface area contributed by atoms with E-state index in [0.717, 1.165) is 40.6 Å². The van der Waals surface area contributed by atoms with Gasteiger partial charge in [0.2, 0.25) is 5.88 Å². The summed E-state index contributed by atoms with van der Waals surface area (Å²) in [4.78, 5) is 4.17. The molecular formula is C21H24N4O3. The van der Waals surface area contributed by atoms with Gasteiger partial charge in [0.15, 0.2) is 11.5 Å². The number of hydrogen-bond acceptors (Lipinski definition) is 6. The topological polar surface area (TPSA) is 70.4 Å². The molecule has 0 bridgehead atoms. The molecule has 1 aliphatic heterocycles. The Labute approximate surface area is 164 Å². The second-order valence-electron chi connectivity index (χ2n) is 6.84. The Morgan fingerprint density at radius 3 is 2.57 bits per heavy atom. The van der Waals surface area contributed by atoms with Gasteiger partial charge in [0, 0.05) is 23.9 Å². The molecular weight excluding hydrogens is 356 g/mol. The van der Waals surface area contributed by atoms with Gasteiger partial charge in [-0.1, -0.05) is 6.07 Å². The average Bonchev–Trinajstić information content (AvgIpc) is 3.18. The van der Waals surface area contributed by atoms with Gasteiger partial charge in [0.05, 0.1) is 39.1 Å². The van der Waals surface area contributed by atoms with Gasteiger partial charge in [0.25, 0.3) is 0 Å². The number of methoxy groups -OCH3 is 3. The van der Waals surface area contributed by atoms with Crippen LogP contribution in [0.5, 0.6) is 17.4 Å². The number of nitrogens with zero attached hydrogens (tertiary/aromatic N) is 3. The molecule has 0 radical (unpaired) electrons. The van der Waals surface area contributed by atoms with Crippen LogP contribution < -0.4 is 19.5 Å². The summed E-state index contributed by atoms with van der Waals surface area (Å²) < 4.78 is 18.1. The zero-order valence-electron chi connectivity index (χ0n) is 16.5. The molecule has 2 aromatic heterocycles. The van der Waals surface area contributed by atoms with Gasteiger partial charge in [0.1, 0.15) is 5.82 Å². The highest BCUT2D eigenvalue weighted by molar-refractivity contribution is 5.64. The second kappa shape index (κ2) is 7.42. The average molecular weight is 380 g/mol. The van der Waals surface area contributed by atoms with Crippen LogP contribution in [0.15, 0.2) is 42.6 Å². The summed E-state index contributed by atoms with van der Waals surface area (Å²) in [7, 11) is 4.91. The van der Waals surface area contributed by atoms with E-state index in [9.17, 15) is 0 Å². The number of ether oxygens (including phenoxy) is 3. The monoisotopic (exact) mass is 380 g/mol. The Morgan fingerprint density at radius 1 is 1.00 bits per heavy atom. The molecule has 28 heavy (non-hydrogen) atoms. The van der Waals surface area contributed by atoms with Crippen LogP contribution in [0.1, 0.15) is 31.0 Å². The normalized spacial score (nSPS) is 18.1. The fourth-order valence-corrected chi connectivity index (χ4v) is 3.63. The van der Waals surface area contributed by atoms with Crippen molar-refractivity contribution in [2.24, 2.45) is 0 Å². The van der Waals surface area contributed by atoms with Crippen molar-refractivity contribution in [3.8, 4) is 28.6 Å². The fraction of sp³-hybridized carbons (Fsp3) is 0.333. The van der Waals surface area contributed by atoms with Crippen LogP contribution in [0.3, 0.4) is 0 Å². The molecule has 1 N–H and O–H groups in total. The van der Waals surface area contributed by atoms with Crippen molar-refractivity contribution in [2.45, 2.75) is 25.4 Å². The lowest BCUT2D eigenvalue weighted by Crippen LogP contribution is -2.25. The summed E-state index contributed by atoms with van der Waals surface area (Å²) in [5.41, 5.74) is 3.03. The van der Waals surface area contributed by atoms with Gasteiger partial charge in [-0.25, -0.2) is 9.67 Å². The van der Waals surface area contributed by atoms with E-state index in [1.165, 1.54) is 0 Å². The first-order valence-electron chi connectivity index (χ1n) is 9.21. The fourth-order valence-electron chi connectivity index (χ4n) is 3.63. The third-order valence-electron chi connectivity index (χ3n) is 5.10. The largest absolute Gasteiger partial charge is 0.493 e. The van der Waals surface area contributed by atoms with Gasteiger partial charge in [-0.05, 0) is 37.1 Å². The lowest BCUT2D eigenvalue weighted by Gasteiger charge is -2.30. The van der Waals surface area contributed by atoms with E-state index in [0.29, 0.717) is 5.88 Å². The Balaban J connectivity index is 1.64.